The molecule has 0 fully saturated rings. The van der Waals surface area contributed by atoms with Crippen LogP contribution < -0.4 is 5.73 Å². The Balaban J connectivity index is 2.87. The Bertz CT molecular complexity index is 511. The second kappa shape index (κ2) is 3.22. The van der Waals surface area contributed by atoms with Crippen molar-refractivity contribution in [1.82, 2.24) is 14.8 Å². The quantitative estimate of drug-likeness (QED) is 0.772. The summed E-state index contributed by atoms with van der Waals surface area (Å²) in [4.78, 5) is 4.46. The van der Waals surface area contributed by atoms with Crippen LogP contribution in [0.2, 0.25) is 0 Å². The average molecular weight is 204 g/mol. The molecule has 0 amide bonds. The van der Waals surface area contributed by atoms with Gasteiger partial charge in [-0.25, -0.2) is 4.98 Å². The van der Waals surface area contributed by atoms with Crippen molar-refractivity contribution in [2.24, 2.45) is 7.05 Å². The molecule has 0 aromatic carbocycles. The first kappa shape index (κ1) is 9.96. The third kappa shape index (κ3) is 1.46. The predicted molar refractivity (Wildman–Crippen MR) is 61.7 cm³/mol. The number of rotatable bonds is 1. The molecule has 0 saturated heterocycles. The molecule has 2 N–H and O–H groups in total. The Morgan fingerprint density at radius 2 is 2.07 bits per heavy atom. The molecule has 0 radical (unpaired) electrons. The highest BCUT2D eigenvalue weighted by Crippen LogP contribution is 2.28. The number of anilines is 1. The Morgan fingerprint density at radius 3 is 2.67 bits per heavy atom. The van der Waals surface area contributed by atoms with E-state index in [4.69, 9.17) is 5.73 Å². The monoisotopic (exact) mass is 204 g/mol. The first-order valence-corrected chi connectivity index (χ1v) is 5.10. The number of nitrogen functional groups attached to an aromatic ring is 1. The Kier molecular flexibility index (Phi) is 2.14. The van der Waals surface area contributed by atoms with Gasteiger partial charge in [0.25, 0.3) is 0 Å². The molecule has 2 rings (SSSR count). The van der Waals surface area contributed by atoms with E-state index < -0.39 is 0 Å². The maximum atomic E-state index is 6.02. The van der Waals surface area contributed by atoms with Crippen LogP contribution in [0.25, 0.3) is 11.0 Å². The number of pyridine rings is 1. The fraction of sp³-hybridized carbons (Fsp3) is 0.455. The van der Waals surface area contributed by atoms with Gasteiger partial charge >= 0.3 is 0 Å². The van der Waals surface area contributed by atoms with Crippen molar-refractivity contribution in [3.05, 3.63) is 17.5 Å². The largest absolute Gasteiger partial charge is 0.398 e. The van der Waals surface area contributed by atoms with Gasteiger partial charge in [-0.3, -0.25) is 4.68 Å². The summed E-state index contributed by atoms with van der Waals surface area (Å²) in [5.41, 5.74) is 9.61. The van der Waals surface area contributed by atoms with E-state index in [1.54, 1.807) is 4.68 Å². The summed E-state index contributed by atoms with van der Waals surface area (Å²) in [5.74, 6) is 0.362. The number of hydrogen-bond acceptors (Lipinski definition) is 3. The van der Waals surface area contributed by atoms with Gasteiger partial charge in [0, 0.05) is 18.4 Å². The third-order valence-corrected chi connectivity index (χ3v) is 2.53. The lowest BCUT2D eigenvalue weighted by atomic mass is 10.1. The van der Waals surface area contributed by atoms with E-state index in [0.29, 0.717) is 5.92 Å². The van der Waals surface area contributed by atoms with Crippen LogP contribution in [0, 0.1) is 6.92 Å². The lowest BCUT2D eigenvalue weighted by Crippen LogP contribution is -1.95. The number of nitrogens with two attached hydrogens (primary N) is 1. The summed E-state index contributed by atoms with van der Waals surface area (Å²) in [6.07, 6.45) is 0. The van der Waals surface area contributed by atoms with Gasteiger partial charge in [0.15, 0.2) is 5.65 Å². The second-order valence-corrected chi connectivity index (χ2v) is 4.22. The average Bonchev–Trinajstić information content (AvgIpc) is 2.44. The van der Waals surface area contributed by atoms with E-state index in [9.17, 15) is 0 Å². The van der Waals surface area contributed by atoms with E-state index in [1.165, 1.54) is 0 Å². The Labute approximate surface area is 89.1 Å². The molecule has 4 heteroatoms. The summed E-state index contributed by atoms with van der Waals surface area (Å²) in [6, 6.07) is 1.90. The van der Waals surface area contributed by atoms with Crippen LogP contribution in [-0.4, -0.2) is 14.8 Å². The Morgan fingerprint density at radius 1 is 1.40 bits per heavy atom. The molecule has 0 atom stereocenters. The van der Waals surface area contributed by atoms with E-state index in [2.05, 4.69) is 23.9 Å². The molecule has 0 aliphatic carbocycles. The molecule has 2 aromatic heterocycles. The summed E-state index contributed by atoms with van der Waals surface area (Å²) in [5, 5.41) is 5.46. The zero-order valence-electron chi connectivity index (χ0n) is 9.57. The summed E-state index contributed by atoms with van der Waals surface area (Å²) in [6.45, 7) is 6.17. The van der Waals surface area contributed by atoms with Gasteiger partial charge in [-0.05, 0) is 18.9 Å². The molecule has 0 bridgehead atoms. The fourth-order valence-corrected chi connectivity index (χ4v) is 1.84. The van der Waals surface area contributed by atoms with Crippen molar-refractivity contribution in [3.8, 4) is 0 Å². The van der Waals surface area contributed by atoms with Gasteiger partial charge in [0.1, 0.15) is 0 Å². The highest BCUT2D eigenvalue weighted by Gasteiger charge is 2.15. The summed E-state index contributed by atoms with van der Waals surface area (Å²) < 4.78 is 1.80. The van der Waals surface area contributed by atoms with Crippen LogP contribution >= 0.6 is 0 Å². The molecule has 0 spiro atoms. The molecule has 2 aromatic rings. The molecule has 0 aliphatic rings. The standard InChI is InChI=1S/C11H16N4/c1-6(2)10-9-8(12)5-7(3)13-11(9)15(4)14-10/h5-6H,1-4H3,(H2,12,13). The summed E-state index contributed by atoms with van der Waals surface area (Å²) >= 11 is 0. The smallest absolute Gasteiger partial charge is 0.160 e. The van der Waals surface area contributed by atoms with E-state index in [1.807, 2.05) is 20.0 Å². The fourth-order valence-electron chi connectivity index (χ4n) is 1.84. The zero-order valence-corrected chi connectivity index (χ0v) is 9.57. The highest BCUT2D eigenvalue weighted by molar-refractivity contribution is 5.91. The van der Waals surface area contributed by atoms with Gasteiger partial charge in [-0.15, -0.1) is 0 Å². The van der Waals surface area contributed by atoms with Crippen molar-refractivity contribution in [3.63, 3.8) is 0 Å². The van der Waals surface area contributed by atoms with Gasteiger partial charge < -0.3 is 5.73 Å². The van der Waals surface area contributed by atoms with E-state index in [-0.39, 0.29) is 0 Å². The van der Waals surface area contributed by atoms with Crippen molar-refractivity contribution in [2.75, 3.05) is 5.73 Å². The maximum absolute atomic E-state index is 6.02. The van der Waals surface area contributed by atoms with Crippen molar-refractivity contribution < 1.29 is 0 Å². The molecule has 80 valence electrons. The van der Waals surface area contributed by atoms with Crippen LogP contribution in [0.15, 0.2) is 6.07 Å². The third-order valence-electron chi connectivity index (χ3n) is 2.53. The predicted octanol–water partition coefficient (Wildman–Crippen LogP) is 1.98. The van der Waals surface area contributed by atoms with Crippen LogP contribution in [0.4, 0.5) is 5.69 Å². The normalized spacial score (nSPS) is 11.5. The van der Waals surface area contributed by atoms with E-state index >= 15 is 0 Å². The first-order valence-electron chi connectivity index (χ1n) is 5.10. The first-order chi connectivity index (χ1) is 7.00. The molecule has 0 saturated carbocycles. The number of nitrogens with zero attached hydrogens (tertiary/aromatic N) is 3. The molecule has 4 nitrogen and oxygen atoms in total. The number of fused-ring (bicyclic) bond motifs is 1. The SMILES string of the molecule is Cc1cc(N)c2c(C(C)C)nn(C)c2n1. The lowest BCUT2D eigenvalue weighted by Gasteiger charge is -2.03. The van der Waals surface area contributed by atoms with Crippen molar-refractivity contribution in [2.45, 2.75) is 26.7 Å². The summed E-state index contributed by atoms with van der Waals surface area (Å²) in [7, 11) is 1.90. The number of hydrogen-bond donors (Lipinski definition) is 1. The molecule has 15 heavy (non-hydrogen) atoms. The van der Waals surface area contributed by atoms with Crippen LogP contribution in [0.5, 0.6) is 0 Å². The topological polar surface area (TPSA) is 56.7 Å². The van der Waals surface area contributed by atoms with Crippen LogP contribution in [0.1, 0.15) is 31.2 Å². The van der Waals surface area contributed by atoms with Gasteiger partial charge in [0.2, 0.25) is 0 Å². The van der Waals surface area contributed by atoms with Crippen LogP contribution in [-0.2, 0) is 7.05 Å². The molecular weight excluding hydrogens is 188 g/mol. The molecular formula is C11H16N4. The Hall–Kier alpha value is -1.58. The van der Waals surface area contributed by atoms with Gasteiger partial charge in [-0.2, -0.15) is 5.10 Å². The molecule has 2 heterocycles. The minimum absolute atomic E-state index is 0.362. The molecule has 0 unspecified atom stereocenters. The van der Waals surface area contributed by atoms with Gasteiger partial charge in [0.05, 0.1) is 11.1 Å². The minimum Gasteiger partial charge on any atom is -0.398 e. The molecule has 0 aliphatic heterocycles. The number of aryl methyl sites for hydroxylation is 2. The lowest BCUT2D eigenvalue weighted by molar-refractivity contribution is 0.724. The maximum Gasteiger partial charge on any atom is 0.160 e. The van der Waals surface area contributed by atoms with Crippen molar-refractivity contribution in [1.29, 1.82) is 0 Å². The van der Waals surface area contributed by atoms with Crippen LogP contribution in [0.3, 0.4) is 0 Å². The van der Waals surface area contributed by atoms with E-state index in [0.717, 1.165) is 28.1 Å². The zero-order chi connectivity index (χ0) is 11.2. The van der Waals surface area contributed by atoms with Gasteiger partial charge in [-0.1, -0.05) is 13.8 Å². The van der Waals surface area contributed by atoms with Crippen molar-refractivity contribution >= 4 is 16.7 Å². The number of aromatic nitrogens is 3. The second-order valence-electron chi connectivity index (χ2n) is 4.22. The minimum atomic E-state index is 0.362. The highest BCUT2D eigenvalue weighted by atomic mass is 15.3.